The number of ether oxygens (including phenoxy) is 2. The number of likely N-dealkylation sites (tertiary alicyclic amines) is 1. The Morgan fingerprint density at radius 1 is 0.974 bits per heavy atom. The number of likely N-dealkylation sites (N-methyl/N-ethyl adjacent to an activating group) is 1. The minimum absolute atomic E-state index is 0.106. The van der Waals surface area contributed by atoms with Gasteiger partial charge in [-0.05, 0) is 74.8 Å². The quantitative estimate of drug-likeness (QED) is 0.148. The third-order valence-corrected chi connectivity index (χ3v) is 7.05. The van der Waals surface area contributed by atoms with E-state index in [9.17, 15) is 14.7 Å². The number of aryl methyl sites for hydroxylation is 1. The van der Waals surface area contributed by atoms with E-state index in [1.807, 2.05) is 38.1 Å². The van der Waals surface area contributed by atoms with Gasteiger partial charge >= 0.3 is 0 Å². The van der Waals surface area contributed by atoms with Gasteiger partial charge in [-0.3, -0.25) is 9.59 Å². The van der Waals surface area contributed by atoms with Crippen LogP contribution < -0.4 is 9.47 Å². The molecule has 1 saturated heterocycles. The summed E-state index contributed by atoms with van der Waals surface area (Å²) >= 11 is 0. The third-order valence-electron chi connectivity index (χ3n) is 7.05. The molecule has 3 rings (SSSR count). The topological polar surface area (TPSA) is 79.3 Å². The minimum atomic E-state index is -0.688. The number of unbranched alkanes of at least 4 members (excludes halogenated alkanes) is 2. The van der Waals surface area contributed by atoms with Gasteiger partial charge in [0.2, 0.25) is 0 Å². The van der Waals surface area contributed by atoms with Gasteiger partial charge in [0.05, 0.1) is 24.8 Å². The highest BCUT2D eigenvalue weighted by Crippen LogP contribution is 2.40. The van der Waals surface area contributed by atoms with Crippen molar-refractivity contribution in [2.24, 2.45) is 0 Å². The molecule has 0 spiro atoms. The Labute approximate surface area is 227 Å². The Balaban J connectivity index is 2.00. The summed E-state index contributed by atoms with van der Waals surface area (Å²) in [5.74, 6) is 0.0244. The molecule has 0 aliphatic carbocycles. The van der Waals surface area contributed by atoms with Gasteiger partial charge in [0.25, 0.3) is 11.7 Å². The van der Waals surface area contributed by atoms with E-state index in [0.717, 1.165) is 55.0 Å². The van der Waals surface area contributed by atoms with Gasteiger partial charge < -0.3 is 24.4 Å². The molecule has 38 heavy (non-hydrogen) atoms. The van der Waals surface area contributed by atoms with Gasteiger partial charge in [0.1, 0.15) is 17.3 Å². The molecule has 7 nitrogen and oxygen atoms in total. The maximum absolute atomic E-state index is 13.4. The predicted molar refractivity (Wildman–Crippen MR) is 151 cm³/mol. The zero-order chi connectivity index (χ0) is 27.7. The molecule has 0 saturated carbocycles. The summed E-state index contributed by atoms with van der Waals surface area (Å²) in [6, 6.07) is 12.1. The summed E-state index contributed by atoms with van der Waals surface area (Å²) in [6.45, 7) is 14.0. The van der Waals surface area contributed by atoms with Crippen LogP contribution in [0.15, 0.2) is 48.0 Å². The van der Waals surface area contributed by atoms with E-state index < -0.39 is 17.7 Å². The molecule has 1 amide bonds. The van der Waals surface area contributed by atoms with Crippen LogP contribution in [0.1, 0.15) is 69.7 Å². The van der Waals surface area contributed by atoms with Crippen LogP contribution >= 0.6 is 0 Å². The molecule has 1 heterocycles. The molecule has 7 heteroatoms. The molecule has 1 unspecified atom stereocenters. The van der Waals surface area contributed by atoms with Crippen LogP contribution in [0.3, 0.4) is 0 Å². The second-order valence-electron chi connectivity index (χ2n) is 9.56. The normalized spacial score (nSPS) is 16.9. The number of hydrogen-bond donors (Lipinski definition) is 1. The second-order valence-corrected chi connectivity index (χ2v) is 9.56. The Kier molecular flexibility index (Phi) is 10.8. The summed E-state index contributed by atoms with van der Waals surface area (Å²) in [7, 11) is 0. The van der Waals surface area contributed by atoms with Crippen LogP contribution in [-0.2, 0) is 9.59 Å². The molecule has 0 bridgehead atoms. The number of rotatable bonds is 14. The molecule has 2 aromatic rings. The fourth-order valence-corrected chi connectivity index (χ4v) is 4.80. The number of aliphatic hydroxyl groups is 1. The number of Topliss-reactive ketones (excluding diaryl/α,β-unsaturated/α-hetero) is 1. The largest absolute Gasteiger partial charge is 0.507 e. The van der Waals surface area contributed by atoms with Crippen LogP contribution in [-0.4, -0.2) is 66.0 Å². The van der Waals surface area contributed by atoms with Gasteiger partial charge in [0.15, 0.2) is 0 Å². The molecule has 1 aliphatic heterocycles. The lowest BCUT2D eigenvalue weighted by Crippen LogP contribution is -2.38. The average Bonchev–Trinajstić information content (AvgIpc) is 3.18. The summed E-state index contributed by atoms with van der Waals surface area (Å²) in [6.07, 6.45) is 3.23. The van der Waals surface area contributed by atoms with E-state index >= 15 is 0 Å². The lowest BCUT2D eigenvalue weighted by Gasteiger charge is -2.28. The standard InChI is InChI=1S/C31H42N2O5/c1-6-10-11-20-38-25-15-12-23(13-16-25)28-27(29(34)24-14-17-26(37-9-4)22(5)21-24)30(35)31(36)33(28)19-18-32(7-2)8-3/h12-17,21,28,34H,6-11,18-20H2,1-5H3. The SMILES string of the molecule is CCCCCOc1ccc(C2C(=C(O)c3ccc(OCC)c(C)c3)C(=O)C(=O)N2CCN(CC)CC)cc1. The number of carbonyl (C=O) groups is 2. The van der Waals surface area contributed by atoms with Crippen molar-refractivity contribution in [1.29, 1.82) is 0 Å². The molecule has 1 atom stereocenters. The number of nitrogens with zero attached hydrogens (tertiary/aromatic N) is 2. The molecule has 1 fully saturated rings. The van der Waals surface area contributed by atoms with Crippen molar-refractivity contribution >= 4 is 17.4 Å². The number of amides is 1. The highest BCUT2D eigenvalue weighted by Gasteiger charge is 2.46. The Hall–Kier alpha value is -3.32. The maximum Gasteiger partial charge on any atom is 0.295 e. The van der Waals surface area contributed by atoms with Crippen LogP contribution in [0.5, 0.6) is 11.5 Å². The lowest BCUT2D eigenvalue weighted by molar-refractivity contribution is -0.140. The van der Waals surface area contributed by atoms with Crippen molar-refractivity contribution < 1.29 is 24.2 Å². The number of aliphatic hydroxyl groups excluding tert-OH is 1. The Bertz CT molecular complexity index is 1120. The number of ketones is 1. The van der Waals surface area contributed by atoms with E-state index in [1.165, 1.54) is 0 Å². The van der Waals surface area contributed by atoms with Crippen LogP contribution in [0.4, 0.5) is 0 Å². The van der Waals surface area contributed by atoms with Gasteiger partial charge in [0, 0.05) is 18.7 Å². The molecule has 0 aromatic heterocycles. The lowest BCUT2D eigenvalue weighted by atomic mass is 9.94. The zero-order valence-corrected chi connectivity index (χ0v) is 23.5. The van der Waals surface area contributed by atoms with Crippen LogP contribution in [0.2, 0.25) is 0 Å². The number of hydrogen-bond acceptors (Lipinski definition) is 6. The molecule has 2 aromatic carbocycles. The van der Waals surface area contributed by atoms with E-state index in [-0.39, 0.29) is 11.3 Å². The first-order valence-electron chi connectivity index (χ1n) is 13.8. The van der Waals surface area contributed by atoms with Crippen molar-refractivity contribution in [2.45, 2.75) is 59.9 Å². The first-order chi connectivity index (χ1) is 18.4. The minimum Gasteiger partial charge on any atom is -0.507 e. The smallest absolute Gasteiger partial charge is 0.295 e. The average molecular weight is 523 g/mol. The van der Waals surface area contributed by atoms with E-state index in [2.05, 4.69) is 25.7 Å². The second kappa shape index (κ2) is 14.0. The Morgan fingerprint density at radius 2 is 1.68 bits per heavy atom. The van der Waals surface area contributed by atoms with Crippen LogP contribution in [0, 0.1) is 6.92 Å². The monoisotopic (exact) mass is 522 g/mol. The fourth-order valence-electron chi connectivity index (χ4n) is 4.80. The van der Waals surface area contributed by atoms with Gasteiger partial charge in [-0.15, -0.1) is 0 Å². The summed E-state index contributed by atoms with van der Waals surface area (Å²) in [5.41, 5.74) is 2.19. The molecule has 206 valence electrons. The van der Waals surface area contributed by atoms with Gasteiger partial charge in [-0.25, -0.2) is 0 Å². The van der Waals surface area contributed by atoms with Crippen molar-refractivity contribution in [2.75, 3.05) is 39.4 Å². The van der Waals surface area contributed by atoms with E-state index in [0.29, 0.717) is 31.9 Å². The van der Waals surface area contributed by atoms with Crippen molar-refractivity contribution in [3.8, 4) is 11.5 Å². The van der Waals surface area contributed by atoms with Crippen LogP contribution in [0.25, 0.3) is 5.76 Å². The molecule has 1 N–H and O–H groups in total. The fraction of sp³-hybridized carbons (Fsp3) is 0.484. The highest BCUT2D eigenvalue weighted by molar-refractivity contribution is 6.46. The predicted octanol–water partition coefficient (Wildman–Crippen LogP) is 5.73. The number of carbonyl (C=O) groups excluding carboxylic acids is 2. The number of benzene rings is 2. The molecular weight excluding hydrogens is 480 g/mol. The molecule has 0 radical (unpaired) electrons. The van der Waals surface area contributed by atoms with Crippen molar-refractivity contribution in [3.63, 3.8) is 0 Å². The van der Waals surface area contributed by atoms with Gasteiger partial charge in [-0.1, -0.05) is 45.7 Å². The first kappa shape index (κ1) is 29.2. The first-order valence-corrected chi connectivity index (χ1v) is 13.8. The summed E-state index contributed by atoms with van der Waals surface area (Å²) < 4.78 is 11.5. The highest BCUT2D eigenvalue weighted by atomic mass is 16.5. The maximum atomic E-state index is 13.4. The molecular formula is C31H42N2O5. The molecule has 1 aliphatic rings. The van der Waals surface area contributed by atoms with Crippen molar-refractivity contribution in [3.05, 3.63) is 64.7 Å². The zero-order valence-electron chi connectivity index (χ0n) is 23.5. The Morgan fingerprint density at radius 3 is 2.29 bits per heavy atom. The van der Waals surface area contributed by atoms with E-state index in [1.54, 1.807) is 23.1 Å². The van der Waals surface area contributed by atoms with Gasteiger partial charge in [-0.2, -0.15) is 0 Å². The third kappa shape index (κ3) is 6.76. The summed E-state index contributed by atoms with van der Waals surface area (Å²) in [5, 5.41) is 11.4. The van der Waals surface area contributed by atoms with Crippen molar-refractivity contribution in [1.82, 2.24) is 9.80 Å². The summed E-state index contributed by atoms with van der Waals surface area (Å²) in [4.78, 5) is 30.4. The van der Waals surface area contributed by atoms with E-state index in [4.69, 9.17) is 9.47 Å².